The van der Waals surface area contributed by atoms with Gasteiger partial charge in [-0.3, -0.25) is 19.3 Å². The third kappa shape index (κ3) is 8.08. The topological polar surface area (TPSA) is 99.8 Å². The number of rotatable bonds is 8. The van der Waals surface area contributed by atoms with Gasteiger partial charge in [0.15, 0.2) is 0 Å². The van der Waals surface area contributed by atoms with Crippen molar-refractivity contribution in [1.82, 2.24) is 20.9 Å². The van der Waals surface area contributed by atoms with Crippen LogP contribution in [0.3, 0.4) is 0 Å². The van der Waals surface area contributed by atoms with Crippen LogP contribution >= 0.6 is 0 Å². The summed E-state index contributed by atoms with van der Waals surface area (Å²) in [6, 6.07) is 5.24. The van der Waals surface area contributed by atoms with Crippen LogP contribution in [-0.4, -0.2) is 60.9 Å². The first-order valence-corrected chi connectivity index (χ1v) is 12.9. The fraction of sp³-hybridized carbons (Fsp3) is 0.607. The van der Waals surface area contributed by atoms with Crippen molar-refractivity contribution in [3.8, 4) is 5.75 Å². The summed E-state index contributed by atoms with van der Waals surface area (Å²) >= 11 is 0. The highest BCUT2D eigenvalue weighted by molar-refractivity contribution is 5.94. The van der Waals surface area contributed by atoms with Crippen LogP contribution < -0.4 is 20.7 Å². The summed E-state index contributed by atoms with van der Waals surface area (Å²) in [5.74, 6) is -0.241. The Balaban J connectivity index is 2.52. The van der Waals surface area contributed by atoms with E-state index in [1.165, 1.54) is 0 Å². The van der Waals surface area contributed by atoms with Gasteiger partial charge in [0.1, 0.15) is 23.9 Å². The summed E-state index contributed by atoms with van der Waals surface area (Å²) in [4.78, 5) is 42.1. The quantitative estimate of drug-likeness (QED) is 0.509. The van der Waals surface area contributed by atoms with Crippen LogP contribution in [0.1, 0.15) is 59.9 Å². The van der Waals surface area contributed by atoms with Crippen LogP contribution in [0.5, 0.6) is 5.75 Å². The molecule has 36 heavy (non-hydrogen) atoms. The number of hydrogen-bond donors (Lipinski definition) is 3. The molecule has 0 aromatic heterocycles. The summed E-state index contributed by atoms with van der Waals surface area (Å²) in [6.45, 7) is 12.0. The van der Waals surface area contributed by atoms with E-state index in [1.54, 1.807) is 12.3 Å². The summed E-state index contributed by atoms with van der Waals surface area (Å²) in [6.07, 6.45) is 3.99. The van der Waals surface area contributed by atoms with Gasteiger partial charge < -0.3 is 20.7 Å². The highest BCUT2D eigenvalue weighted by Gasteiger charge is 2.38. The summed E-state index contributed by atoms with van der Waals surface area (Å²) in [5, 5.41) is 8.68. The van der Waals surface area contributed by atoms with Crippen molar-refractivity contribution < 1.29 is 19.1 Å². The maximum absolute atomic E-state index is 13.7. The van der Waals surface area contributed by atoms with E-state index >= 15 is 0 Å². The summed E-state index contributed by atoms with van der Waals surface area (Å²) in [5.41, 5.74) is 0.900. The number of nitrogens with one attached hydrogen (secondary N) is 3. The fourth-order valence-electron chi connectivity index (χ4n) is 4.45. The molecule has 0 unspecified atom stereocenters. The second-order valence-corrected chi connectivity index (χ2v) is 10.7. The Morgan fingerprint density at radius 2 is 1.69 bits per heavy atom. The lowest BCUT2D eigenvalue weighted by Crippen LogP contribution is -2.62. The van der Waals surface area contributed by atoms with Gasteiger partial charge in [0.05, 0.1) is 6.04 Å². The van der Waals surface area contributed by atoms with E-state index in [0.29, 0.717) is 12.2 Å². The first-order valence-electron chi connectivity index (χ1n) is 12.9. The van der Waals surface area contributed by atoms with Crippen molar-refractivity contribution in [2.45, 2.75) is 78.6 Å². The lowest BCUT2D eigenvalue weighted by atomic mass is 9.94. The molecular weight excluding hydrogens is 456 g/mol. The van der Waals surface area contributed by atoms with E-state index in [9.17, 15) is 14.4 Å². The molecule has 3 amide bonds. The number of carbonyl (C=O) groups excluding carboxylic acids is 3. The summed E-state index contributed by atoms with van der Waals surface area (Å²) in [7, 11) is 3.72. The van der Waals surface area contributed by atoms with Crippen molar-refractivity contribution in [2.24, 2.45) is 17.8 Å². The van der Waals surface area contributed by atoms with Gasteiger partial charge in [-0.15, -0.1) is 0 Å². The summed E-state index contributed by atoms with van der Waals surface area (Å²) < 4.78 is 6.31. The first-order chi connectivity index (χ1) is 16.9. The van der Waals surface area contributed by atoms with Gasteiger partial charge in [-0.05, 0) is 62.0 Å². The molecule has 0 saturated heterocycles. The first kappa shape index (κ1) is 29.4. The van der Waals surface area contributed by atoms with E-state index in [2.05, 4.69) is 16.0 Å². The molecule has 2 heterocycles. The van der Waals surface area contributed by atoms with Crippen LogP contribution in [0.2, 0.25) is 0 Å². The lowest BCUT2D eigenvalue weighted by Gasteiger charge is -2.35. The largest absolute Gasteiger partial charge is 0.487 e. The SMILES string of the molecule is CC[C@H](C)[C@@H](C(=O)N[C@@H]1C(=O)N[C@@H](CC(C)C)C(=O)N/C=C\c2ccc(cc2)O[C@H]1C(C)C)N(C)C. The molecule has 0 saturated carbocycles. The molecule has 3 N–H and O–H groups in total. The zero-order valence-corrected chi connectivity index (χ0v) is 23.0. The zero-order valence-electron chi connectivity index (χ0n) is 23.0. The Bertz CT molecular complexity index is 911. The Labute approximate surface area is 216 Å². The smallest absolute Gasteiger partial charge is 0.247 e. The standard InChI is InChI=1S/C28H44N4O4/c1-9-19(6)24(32(7)8)28(35)31-23-25(18(4)5)36-21-12-10-20(11-13-21)14-15-29-26(33)22(16-17(2)3)30-27(23)34/h10-15,17-19,22-25H,9,16H2,1-8H3,(H,29,33)(H,30,34)(H,31,35)/b15-14-/t19-,22-,23-,24-,25-/m0/s1. The molecule has 1 aromatic carbocycles. The third-order valence-corrected chi connectivity index (χ3v) is 6.57. The molecule has 2 aliphatic rings. The number of hydrogen-bond acceptors (Lipinski definition) is 5. The van der Waals surface area contributed by atoms with Crippen LogP contribution in [0.15, 0.2) is 30.5 Å². The van der Waals surface area contributed by atoms with E-state index in [0.717, 1.165) is 12.0 Å². The Morgan fingerprint density at radius 3 is 2.22 bits per heavy atom. The van der Waals surface area contributed by atoms with Crippen molar-refractivity contribution in [2.75, 3.05) is 14.1 Å². The van der Waals surface area contributed by atoms with Gasteiger partial charge in [-0.25, -0.2) is 0 Å². The van der Waals surface area contributed by atoms with Crippen molar-refractivity contribution >= 4 is 23.8 Å². The van der Waals surface area contributed by atoms with Crippen LogP contribution in [0.25, 0.3) is 6.08 Å². The highest BCUT2D eigenvalue weighted by atomic mass is 16.5. The van der Waals surface area contributed by atoms with E-state index in [4.69, 9.17) is 4.74 Å². The average Bonchev–Trinajstić information content (AvgIpc) is 2.80. The molecule has 200 valence electrons. The molecule has 2 aliphatic heterocycles. The highest BCUT2D eigenvalue weighted by Crippen LogP contribution is 2.22. The fourth-order valence-corrected chi connectivity index (χ4v) is 4.45. The van der Waals surface area contributed by atoms with Gasteiger partial charge in [-0.2, -0.15) is 0 Å². The van der Waals surface area contributed by atoms with E-state index in [1.807, 2.05) is 84.8 Å². The normalized spacial score (nSPS) is 23.5. The zero-order chi connectivity index (χ0) is 27.0. The lowest BCUT2D eigenvalue weighted by molar-refractivity contribution is -0.137. The minimum Gasteiger partial charge on any atom is -0.487 e. The molecule has 0 spiro atoms. The third-order valence-electron chi connectivity index (χ3n) is 6.57. The number of likely N-dealkylation sites (N-methyl/N-ethyl adjacent to an activating group) is 1. The molecule has 5 atom stereocenters. The van der Waals surface area contributed by atoms with Gasteiger partial charge >= 0.3 is 0 Å². The van der Waals surface area contributed by atoms with Gasteiger partial charge in [0.25, 0.3) is 0 Å². The predicted octanol–water partition coefficient (Wildman–Crippen LogP) is 3.18. The number of carbonyl (C=O) groups is 3. The Hall–Kier alpha value is -2.87. The maximum Gasteiger partial charge on any atom is 0.247 e. The number of benzene rings is 1. The molecule has 2 bridgehead atoms. The monoisotopic (exact) mass is 500 g/mol. The minimum atomic E-state index is -0.996. The average molecular weight is 501 g/mol. The van der Waals surface area contributed by atoms with Crippen molar-refractivity contribution in [1.29, 1.82) is 0 Å². The number of nitrogens with zero attached hydrogens (tertiary/aromatic N) is 1. The molecule has 8 nitrogen and oxygen atoms in total. The van der Waals surface area contributed by atoms with Crippen molar-refractivity contribution in [3.05, 3.63) is 36.0 Å². The molecule has 8 heteroatoms. The second kappa shape index (κ2) is 13.4. The molecule has 0 radical (unpaired) electrons. The Kier molecular flexibility index (Phi) is 11.0. The van der Waals surface area contributed by atoms with E-state index in [-0.39, 0.29) is 29.6 Å². The molecular formula is C28H44N4O4. The molecule has 0 fully saturated rings. The van der Waals surface area contributed by atoms with Crippen LogP contribution in [-0.2, 0) is 14.4 Å². The number of amides is 3. The molecule has 3 rings (SSSR count). The number of ether oxygens (including phenoxy) is 1. The van der Waals surface area contributed by atoms with Gasteiger partial charge in [0.2, 0.25) is 17.7 Å². The number of fused-ring (bicyclic) bond motifs is 10. The van der Waals surface area contributed by atoms with Crippen LogP contribution in [0.4, 0.5) is 0 Å². The second-order valence-electron chi connectivity index (χ2n) is 10.7. The van der Waals surface area contributed by atoms with Crippen LogP contribution in [0, 0.1) is 17.8 Å². The maximum atomic E-state index is 13.7. The minimum absolute atomic E-state index is 0.0822. The van der Waals surface area contributed by atoms with Crippen molar-refractivity contribution in [3.63, 3.8) is 0 Å². The molecule has 0 aliphatic carbocycles. The predicted molar refractivity (Wildman–Crippen MR) is 143 cm³/mol. The Morgan fingerprint density at radius 1 is 1.06 bits per heavy atom. The van der Waals surface area contributed by atoms with Gasteiger partial charge in [-0.1, -0.05) is 60.1 Å². The van der Waals surface area contributed by atoms with E-state index < -0.39 is 30.1 Å². The van der Waals surface area contributed by atoms with Gasteiger partial charge in [0, 0.05) is 6.20 Å². The molecule has 1 aromatic rings.